The van der Waals surface area contributed by atoms with Gasteiger partial charge in [0.1, 0.15) is 0 Å². The van der Waals surface area contributed by atoms with Gasteiger partial charge in [0, 0.05) is 11.8 Å². The van der Waals surface area contributed by atoms with Crippen molar-refractivity contribution in [3.63, 3.8) is 0 Å². The molecule has 0 saturated heterocycles. The normalized spacial score (nSPS) is 16.8. The Hall–Kier alpha value is -2.08. The van der Waals surface area contributed by atoms with Crippen LogP contribution in [0.3, 0.4) is 0 Å². The molecule has 0 spiro atoms. The molecule has 0 atom stereocenters. The van der Waals surface area contributed by atoms with Gasteiger partial charge in [-0.25, -0.2) is 0 Å². The van der Waals surface area contributed by atoms with Gasteiger partial charge in [0.05, 0.1) is 0 Å². The van der Waals surface area contributed by atoms with E-state index in [0.717, 1.165) is 0 Å². The fraction of sp³-hybridized carbons (Fsp3) is 0.250. The lowest BCUT2D eigenvalue weighted by molar-refractivity contribution is 0.685. The summed E-state index contributed by atoms with van der Waals surface area (Å²) in [5, 5.41) is 0. The summed E-state index contributed by atoms with van der Waals surface area (Å²) in [5.74, 6) is 3.10. The molecule has 0 fully saturated rings. The van der Waals surface area contributed by atoms with Gasteiger partial charge < -0.3 is 0 Å². The van der Waals surface area contributed by atoms with Gasteiger partial charge in [0.2, 0.25) is 0 Å². The maximum Gasteiger partial charge on any atom is 0.0302 e. The minimum atomic E-state index is 1.19. The molecule has 0 aromatic heterocycles. The van der Waals surface area contributed by atoms with Gasteiger partial charge in [0.25, 0.3) is 0 Å². The molecule has 24 heavy (non-hydrogen) atoms. The summed E-state index contributed by atoms with van der Waals surface area (Å²) in [7, 11) is 0. The van der Waals surface area contributed by atoms with E-state index in [1.54, 1.807) is 11.8 Å². The minimum Gasteiger partial charge on any atom is -0.0619 e. The maximum atomic E-state index is 2.33. The summed E-state index contributed by atoms with van der Waals surface area (Å²) >= 11 is 0. The highest BCUT2D eigenvalue weighted by Gasteiger charge is 2.24. The van der Waals surface area contributed by atoms with Crippen molar-refractivity contribution in [1.82, 2.24) is 0 Å². The first-order valence-corrected chi connectivity index (χ1v) is 9.02. The largest absolute Gasteiger partial charge is 0.0619 e. The van der Waals surface area contributed by atoms with E-state index < -0.39 is 0 Å². The molecule has 0 unspecified atom stereocenters. The minimum absolute atomic E-state index is 1.19. The van der Waals surface area contributed by atoms with Gasteiger partial charge in [-0.15, -0.1) is 0 Å². The molecule has 0 nitrogen and oxygen atoms in total. The van der Waals surface area contributed by atoms with Gasteiger partial charge in [-0.05, 0) is 48.9 Å². The van der Waals surface area contributed by atoms with Crippen LogP contribution >= 0.6 is 0 Å². The molecular formula is C24H24. The van der Waals surface area contributed by atoms with Gasteiger partial charge >= 0.3 is 0 Å². The van der Waals surface area contributed by atoms with Crippen LogP contribution in [0.15, 0.2) is 59.7 Å². The van der Waals surface area contributed by atoms with E-state index in [2.05, 4.69) is 74.5 Å². The molecule has 0 bridgehead atoms. The van der Waals surface area contributed by atoms with Crippen LogP contribution in [0.2, 0.25) is 0 Å². The number of hydrogen-bond acceptors (Lipinski definition) is 0. The number of rotatable bonds is 5. The summed E-state index contributed by atoms with van der Waals surface area (Å²) in [6.45, 7) is 4.51. The smallest absolute Gasteiger partial charge is 0.0302 e. The summed E-state index contributed by atoms with van der Waals surface area (Å²) in [4.78, 5) is 0. The second-order valence-corrected chi connectivity index (χ2v) is 6.99. The lowest BCUT2D eigenvalue weighted by Gasteiger charge is -2.16. The summed E-state index contributed by atoms with van der Waals surface area (Å²) in [6.07, 6.45) is 9.56. The number of allylic oxidation sites excluding steroid dienone is 2. The molecule has 4 rings (SSSR count). The van der Waals surface area contributed by atoms with Crippen molar-refractivity contribution < 1.29 is 0 Å². The lowest BCUT2D eigenvalue weighted by Crippen LogP contribution is -2.01. The van der Waals surface area contributed by atoms with Crippen molar-refractivity contribution in [1.29, 1.82) is 0 Å². The average Bonchev–Trinajstić information content (AvgIpc) is 3.08. The van der Waals surface area contributed by atoms with E-state index in [-0.39, 0.29) is 0 Å². The van der Waals surface area contributed by atoms with Crippen molar-refractivity contribution in [2.45, 2.75) is 39.5 Å². The van der Waals surface area contributed by atoms with Crippen molar-refractivity contribution in [3.8, 4) is 0 Å². The Kier molecular flexibility index (Phi) is 4.14. The highest BCUT2D eigenvalue weighted by Crippen LogP contribution is 2.40. The Balaban J connectivity index is 1.35. The van der Waals surface area contributed by atoms with E-state index >= 15 is 0 Å². The van der Waals surface area contributed by atoms with Crippen LogP contribution < -0.4 is 0 Å². The van der Waals surface area contributed by atoms with E-state index in [4.69, 9.17) is 0 Å². The average molecular weight is 312 g/mol. The SMILES string of the molecule is CC1=Cc2ccccc2[C]1CCCC[C]1C(C)=Cc2ccccc21. The first kappa shape index (κ1) is 15.4. The van der Waals surface area contributed by atoms with Crippen molar-refractivity contribution in [2.24, 2.45) is 0 Å². The second-order valence-electron chi connectivity index (χ2n) is 6.99. The zero-order valence-corrected chi connectivity index (χ0v) is 14.6. The molecule has 0 N–H and O–H groups in total. The number of unbranched alkanes of at least 4 members (excludes halogenated alkanes) is 1. The Morgan fingerprint density at radius 3 is 1.46 bits per heavy atom. The monoisotopic (exact) mass is 312 g/mol. The van der Waals surface area contributed by atoms with Crippen LogP contribution in [-0.4, -0.2) is 0 Å². The molecule has 2 aromatic carbocycles. The Morgan fingerprint density at radius 2 is 1.00 bits per heavy atom. The first-order chi connectivity index (χ1) is 11.7. The van der Waals surface area contributed by atoms with Crippen LogP contribution in [0.1, 0.15) is 61.8 Å². The molecule has 2 aliphatic carbocycles. The van der Waals surface area contributed by atoms with Crippen LogP contribution in [0.25, 0.3) is 12.2 Å². The van der Waals surface area contributed by atoms with E-state index in [1.165, 1.54) is 59.1 Å². The topological polar surface area (TPSA) is 0 Å². The van der Waals surface area contributed by atoms with Crippen molar-refractivity contribution in [2.75, 3.05) is 0 Å². The quantitative estimate of drug-likeness (QED) is 0.544. The van der Waals surface area contributed by atoms with Crippen LogP contribution in [0, 0.1) is 11.8 Å². The third-order valence-electron chi connectivity index (χ3n) is 5.37. The third kappa shape index (κ3) is 2.75. The summed E-state index contributed by atoms with van der Waals surface area (Å²) in [6, 6.07) is 17.6. The Bertz CT molecular complexity index is 737. The van der Waals surface area contributed by atoms with Crippen LogP contribution in [0.5, 0.6) is 0 Å². The molecule has 2 aliphatic rings. The zero-order chi connectivity index (χ0) is 16.5. The van der Waals surface area contributed by atoms with E-state index in [9.17, 15) is 0 Å². The molecule has 120 valence electrons. The Labute approximate surface area is 145 Å². The highest BCUT2D eigenvalue weighted by atomic mass is 14.3. The second kappa shape index (κ2) is 6.43. The highest BCUT2D eigenvalue weighted by molar-refractivity contribution is 5.73. The molecule has 0 heterocycles. The fourth-order valence-electron chi connectivity index (χ4n) is 4.13. The van der Waals surface area contributed by atoms with E-state index in [0.29, 0.717) is 0 Å². The van der Waals surface area contributed by atoms with Crippen molar-refractivity contribution >= 4 is 12.2 Å². The third-order valence-corrected chi connectivity index (χ3v) is 5.37. The predicted octanol–water partition coefficient (Wildman–Crippen LogP) is 6.63. The molecular weight excluding hydrogens is 288 g/mol. The molecule has 2 radical (unpaired) electrons. The fourth-order valence-corrected chi connectivity index (χ4v) is 4.13. The van der Waals surface area contributed by atoms with Gasteiger partial charge in [-0.3, -0.25) is 0 Å². The summed E-state index contributed by atoms with van der Waals surface area (Å²) in [5.41, 5.74) is 8.58. The molecule has 0 heteroatoms. The molecule has 0 aliphatic heterocycles. The first-order valence-electron chi connectivity index (χ1n) is 9.02. The maximum absolute atomic E-state index is 2.33. The number of fused-ring (bicyclic) bond motifs is 2. The number of hydrogen-bond donors (Lipinski definition) is 0. The van der Waals surface area contributed by atoms with Crippen LogP contribution in [-0.2, 0) is 0 Å². The number of benzene rings is 2. The predicted molar refractivity (Wildman–Crippen MR) is 103 cm³/mol. The zero-order valence-electron chi connectivity index (χ0n) is 14.6. The molecule has 2 aromatic rings. The van der Waals surface area contributed by atoms with Gasteiger partial charge in [-0.2, -0.15) is 0 Å². The van der Waals surface area contributed by atoms with Gasteiger partial charge in [0.15, 0.2) is 0 Å². The van der Waals surface area contributed by atoms with E-state index in [1.807, 2.05) is 0 Å². The molecule has 0 saturated carbocycles. The lowest BCUT2D eigenvalue weighted by atomic mass is 9.87. The molecule has 0 amide bonds. The van der Waals surface area contributed by atoms with Gasteiger partial charge in [-0.1, -0.05) is 84.7 Å². The summed E-state index contributed by atoms with van der Waals surface area (Å²) < 4.78 is 0. The van der Waals surface area contributed by atoms with Crippen molar-refractivity contribution in [3.05, 3.63) is 93.8 Å². The van der Waals surface area contributed by atoms with Crippen LogP contribution in [0.4, 0.5) is 0 Å². The standard InChI is InChI=1S/C24H24/c1-17-15-19-9-3-5-13-23(19)21(17)11-7-8-12-22-18(2)16-20-10-4-6-14-24(20)22/h3-6,9-10,13-16H,7-8,11-12H2,1-2H3. The Morgan fingerprint density at radius 1 is 0.583 bits per heavy atom.